The van der Waals surface area contributed by atoms with Crippen molar-refractivity contribution in [2.75, 3.05) is 12.8 Å². The highest BCUT2D eigenvalue weighted by atomic mass is 35.5. The summed E-state index contributed by atoms with van der Waals surface area (Å²) in [4.78, 5) is 4.32. The summed E-state index contributed by atoms with van der Waals surface area (Å²) in [6.07, 6.45) is 0. The monoisotopic (exact) mass is 251 g/mol. The lowest BCUT2D eigenvalue weighted by atomic mass is 10.1. The van der Waals surface area contributed by atoms with Crippen molar-refractivity contribution in [1.82, 2.24) is 9.55 Å². The van der Waals surface area contributed by atoms with Gasteiger partial charge < -0.3 is 15.0 Å². The predicted molar refractivity (Wildman–Crippen MR) is 69.4 cm³/mol. The van der Waals surface area contributed by atoms with E-state index in [-0.39, 0.29) is 0 Å². The summed E-state index contributed by atoms with van der Waals surface area (Å²) in [5.41, 5.74) is 8.54. The fraction of sp³-hybridized carbons (Fsp3) is 0.250. The molecule has 0 unspecified atom stereocenters. The summed E-state index contributed by atoms with van der Waals surface area (Å²) in [6.45, 7) is 1.97. The van der Waals surface area contributed by atoms with Gasteiger partial charge in [-0.15, -0.1) is 0 Å². The van der Waals surface area contributed by atoms with E-state index in [9.17, 15) is 0 Å². The minimum atomic E-state index is 0.490. The molecule has 2 N–H and O–H groups in total. The number of nitrogen functional groups attached to an aromatic ring is 1. The molecule has 0 saturated heterocycles. The van der Waals surface area contributed by atoms with Gasteiger partial charge in [-0.2, -0.15) is 0 Å². The van der Waals surface area contributed by atoms with E-state index in [4.69, 9.17) is 22.1 Å². The molecule has 0 atom stereocenters. The molecule has 2 aromatic rings. The summed E-state index contributed by atoms with van der Waals surface area (Å²) in [5, 5.41) is 0.564. The summed E-state index contributed by atoms with van der Waals surface area (Å²) < 4.78 is 6.95. The topological polar surface area (TPSA) is 53.1 Å². The fourth-order valence-corrected chi connectivity index (χ4v) is 1.95. The van der Waals surface area contributed by atoms with Crippen LogP contribution in [-0.2, 0) is 7.05 Å². The van der Waals surface area contributed by atoms with E-state index in [1.54, 1.807) is 7.11 Å². The smallest absolute Gasteiger partial charge is 0.200 e. The van der Waals surface area contributed by atoms with Gasteiger partial charge in [-0.05, 0) is 25.1 Å². The Morgan fingerprint density at radius 1 is 1.41 bits per heavy atom. The number of nitrogens with two attached hydrogens (primary N) is 1. The van der Waals surface area contributed by atoms with Gasteiger partial charge in [-0.25, -0.2) is 4.98 Å². The molecule has 0 amide bonds. The number of rotatable bonds is 2. The molecule has 0 saturated carbocycles. The molecule has 0 aliphatic heterocycles. The Hall–Kier alpha value is -1.68. The molecule has 0 fully saturated rings. The van der Waals surface area contributed by atoms with E-state index in [2.05, 4.69) is 4.98 Å². The van der Waals surface area contributed by atoms with Crippen LogP contribution < -0.4 is 10.5 Å². The highest BCUT2D eigenvalue weighted by molar-refractivity contribution is 6.32. The van der Waals surface area contributed by atoms with Crippen molar-refractivity contribution in [3.8, 4) is 17.0 Å². The van der Waals surface area contributed by atoms with Crippen LogP contribution in [0.2, 0.25) is 5.02 Å². The van der Waals surface area contributed by atoms with Gasteiger partial charge in [-0.3, -0.25) is 0 Å². The Balaban J connectivity index is 2.53. The van der Waals surface area contributed by atoms with Crippen LogP contribution in [-0.4, -0.2) is 16.7 Å². The second-order valence-electron chi connectivity index (χ2n) is 3.81. The van der Waals surface area contributed by atoms with E-state index in [0.717, 1.165) is 17.0 Å². The molecular formula is C12H14ClN3O. The quantitative estimate of drug-likeness (QED) is 0.893. The molecule has 1 aromatic carbocycles. The molecule has 0 spiro atoms. The first kappa shape index (κ1) is 11.8. The maximum Gasteiger partial charge on any atom is 0.200 e. The number of aromatic nitrogens is 2. The van der Waals surface area contributed by atoms with Gasteiger partial charge in [0.2, 0.25) is 5.95 Å². The van der Waals surface area contributed by atoms with Crippen molar-refractivity contribution < 1.29 is 4.74 Å². The number of imidazole rings is 1. The van der Waals surface area contributed by atoms with Crippen molar-refractivity contribution >= 4 is 17.5 Å². The van der Waals surface area contributed by atoms with Gasteiger partial charge in [0.05, 0.1) is 17.8 Å². The number of halogens is 1. The number of nitrogens with zero attached hydrogens (tertiary/aromatic N) is 2. The summed E-state index contributed by atoms with van der Waals surface area (Å²) >= 11 is 6.09. The number of ether oxygens (including phenoxy) is 1. The molecule has 17 heavy (non-hydrogen) atoms. The van der Waals surface area contributed by atoms with E-state index < -0.39 is 0 Å². The molecule has 5 heteroatoms. The van der Waals surface area contributed by atoms with Gasteiger partial charge in [0, 0.05) is 18.3 Å². The summed E-state index contributed by atoms with van der Waals surface area (Å²) in [5.74, 6) is 1.14. The Morgan fingerprint density at radius 3 is 2.59 bits per heavy atom. The summed E-state index contributed by atoms with van der Waals surface area (Å²) in [6, 6.07) is 5.57. The van der Waals surface area contributed by atoms with Crippen LogP contribution in [0.5, 0.6) is 5.75 Å². The lowest BCUT2D eigenvalue weighted by molar-refractivity contribution is 0.415. The van der Waals surface area contributed by atoms with Crippen LogP contribution >= 0.6 is 11.6 Å². The lowest BCUT2D eigenvalue weighted by Gasteiger charge is -2.05. The Bertz CT molecular complexity index is 563. The van der Waals surface area contributed by atoms with E-state index >= 15 is 0 Å². The van der Waals surface area contributed by atoms with Crippen LogP contribution in [0.25, 0.3) is 11.3 Å². The van der Waals surface area contributed by atoms with Crippen LogP contribution in [0, 0.1) is 6.92 Å². The fourth-order valence-electron chi connectivity index (χ4n) is 1.69. The zero-order valence-corrected chi connectivity index (χ0v) is 10.7. The standard InChI is InChI=1S/C12H14ClN3O/c1-7-11(15-12(14)16(7)2)8-4-5-10(17-3)9(13)6-8/h4-6H,1-3H3,(H2,14,15). The lowest BCUT2D eigenvalue weighted by Crippen LogP contribution is -1.97. The maximum atomic E-state index is 6.09. The first-order chi connectivity index (χ1) is 8.04. The molecule has 2 rings (SSSR count). The highest BCUT2D eigenvalue weighted by Crippen LogP contribution is 2.31. The molecule has 1 heterocycles. The molecular weight excluding hydrogens is 238 g/mol. The second kappa shape index (κ2) is 4.30. The van der Waals surface area contributed by atoms with Crippen molar-refractivity contribution in [3.05, 3.63) is 28.9 Å². The van der Waals surface area contributed by atoms with Gasteiger partial charge in [-0.1, -0.05) is 11.6 Å². The number of hydrogen-bond donors (Lipinski definition) is 1. The Kier molecular flexibility index (Phi) is 2.98. The van der Waals surface area contributed by atoms with E-state index in [1.807, 2.05) is 36.7 Å². The molecule has 0 aliphatic carbocycles. The first-order valence-corrected chi connectivity index (χ1v) is 5.55. The largest absolute Gasteiger partial charge is 0.495 e. The molecule has 1 aromatic heterocycles. The van der Waals surface area contributed by atoms with Crippen molar-refractivity contribution in [1.29, 1.82) is 0 Å². The third kappa shape index (κ3) is 1.96. The molecule has 0 bridgehead atoms. The zero-order valence-electron chi connectivity index (χ0n) is 9.99. The third-order valence-electron chi connectivity index (χ3n) is 2.84. The number of anilines is 1. The average Bonchev–Trinajstić information content (AvgIpc) is 2.57. The van der Waals surface area contributed by atoms with Crippen LogP contribution in [0.3, 0.4) is 0 Å². The predicted octanol–water partition coefficient (Wildman–Crippen LogP) is 2.64. The molecule has 4 nitrogen and oxygen atoms in total. The van der Waals surface area contributed by atoms with Crippen LogP contribution in [0.15, 0.2) is 18.2 Å². The normalized spacial score (nSPS) is 10.6. The minimum Gasteiger partial charge on any atom is -0.495 e. The van der Waals surface area contributed by atoms with Gasteiger partial charge in [0.15, 0.2) is 0 Å². The first-order valence-electron chi connectivity index (χ1n) is 5.17. The third-order valence-corrected chi connectivity index (χ3v) is 3.14. The molecule has 0 aliphatic rings. The van der Waals surface area contributed by atoms with Gasteiger partial charge in [0.25, 0.3) is 0 Å². The number of hydrogen-bond acceptors (Lipinski definition) is 3. The second-order valence-corrected chi connectivity index (χ2v) is 4.22. The van der Waals surface area contributed by atoms with E-state index in [0.29, 0.717) is 16.7 Å². The zero-order chi connectivity index (χ0) is 12.6. The van der Waals surface area contributed by atoms with Crippen molar-refractivity contribution in [3.63, 3.8) is 0 Å². The van der Waals surface area contributed by atoms with Crippen molar-refractivity contribution in [2.45, 2.75) is 6.92 Å². The molecule has 0 radical (unpaired) electrons. The van der Waals surface area contributed by atoms with Gasteiger partial charge in [0.1, 0.15) is 5.75 Å². The Labute approximate surface area is 105 Å². The van der Waals surface area contributed by atoms with E-state index in [1.165, 1.54) is 0 Å². The average molecular weight is 252 g/mol. The summed E-state index contributed by atoms with van der Waals surface area (Å²) in [7, 11) is 3.47. The Morgan fingerprint density at radius 2 is 2.12 bits per heavy atom. The number of benzene rings is 1. The van der Waals surface area contributed by atoms with Crippen LogP contribution in [0.1, 0.15) is 5.69 Å². The van der Waals surface area contributed by atoms with Crippen molar-refractivity contribution in [2.24, 2.45) is 7.05 Å². The highest BCUT2D eigenvalue weighted by Gasteiger charge is 2.12. The minimum absolute atomic E-state index is 0.490. The SMILES string of the molecule is COc1ccc(-c2nc(N)n(C)c2C)cc1Cl. The van der Waals surface area contributed by atoms with Gasteiger partial charge >= 0.3 is 0 Å². The molecule has 90 valence electrons. The maximum absolute atomic E-state index is 6.09. The van der Waals surface area contributed by atoms with Crippen LogP contribution in [0.4, 0.5) is 5.95 Å². The number of methoxy groups -OCH3 is 1.